The summed E-state index contributed by atoms with van der Waals surface area (Å²) in [4.78, 5) is 27.5. The van der Waals surface area contributed by atoms with Gasteiger partial charge in [0.2, 0.25) is 0 Å². The maximum absolute atomic E-state index is 14.4. The lowest BCUT2D eigenvalue weighted by Gasteiger charge is -2.43. The lowest BCUT2D eigenvalue weighted by atomic mass is 9.95. The summed E-state index contributed by atoms with van der Waals surface area (Å²) in [6, 6.07) is 26.2. The highest BCUT2D eigenvalue weighted by Crippen LogP contribution is 2.27. The van der Waals surface area contributed by atoms with Gasteiger partial charge in [-0.25, -0.2) is 14.0 Å². The van der Waals surface area contributed by atoms with Crippen LogP contribution in [0.5, 0.6) is 0 Å². The van der Waals surface area contributed by atoms with Crippen LogP contribution in [0.2, 0.25) is 0 Å². The molecule has 0 radical (unpaired) electrons. The Labute approximate surface area is 192 Å². The molecule has 0 unspecified atom stereocenters. The number of hydrogen-bond acceptors (Lipinski definition) is 5. The number of nitrogens with zero attached hydrogens (tertiary/aromatic N) is 1. The molecule has 0 aliphatic carbocycles. The summed E-state index contributed by atoms with van der Waals surface area (Å²) >= 11 is 0. The maximum Gasteiger partial charge on any atom is 0.338 e. The molecule has 1 aliphatic rings. The van der Waals surface area contributed by atoms with Crippen LogP contribution < -0.4 is 0 Å². The van der Waals surface area contributed by atoms with Crippen molar-refractivity contribution >= 4 is 11.9 Å². The molecule has 1 heterocycles. The molecule has 0 spiro atoms. The highest BCUT2D eigenvalue weighted by atomic mass is 19.1. The number of ether oxygens (including phenoxy) is 2. The number of likely N-dealkylation sites (tertiary alicyclic amines) is 1. The number of carbonyl (C=O) groups excluding carboxylic acids is 2. The first kappa shape index (κ1) is 22.7. The van der Waals surface area contributed by atoms with E-state index >= 15 is 0 Å². The number of hydrogen-bond donors (Lipinski definition) is 0. The van der Waals surface area contributed by atoms with Crippen molar-refractivity contribution in [3.05, 3.63) is 108 Å². The summed E-state index contributed by atoms with van der Waals surface area (Å²) in [6.07, 6.45) is -1.26. The zero-order valence-electron chi connectivity index (χ0n) is 18.2. The minimum Gasteiger partial charge on any atom is -0.455 e. The van der Waals surface area contributed by atoms with Gasteiger partial charge in [0.25, 0.3) is 0 Å². The Kier molecular flexibility index (Phi) is 7.47. The van der Waals surface area contributed by atoms with Gasteiger partial charge in [0.1, 0.15) is 12.8 Å². The van der Waals surface area contributed by atoms with Crippen molar-refractivity contribution in [2.75, 3.05) is 13.2 Å². The smallest absolute Gasteiger partial charge is 0.338 e. The van der Waals surface area contributed by atoms with Crippen LogP contribution in [-0.4, -0.2) is 48.3 Å². The van der Waals surface area contributed by atoms with Crippen LogP contribution in [0.15, 0.2) is 91.0 Å². The topological polar surface area (TPSA) is 55.8 Å². The molecular formula is C27H26FNO4. The van der Waals surface area contributed by atoms with E-state index in [1.54, 1.807) is 54.6 Å². The van der Waals surface area contributed by atoms with Crippen molar-refractivity contribution in [2.45, 2.75) is 31.2 Å². The van der Waals surface area contributed by atoms with E-state index in [2.05, 4.69) is 0 Å². The van der Waals surface area contributed by atoms with Gasteiger partial charge in [0.05, 0.1) is 17.2 Å². The van der Waals surface area contributed by atoms with Crippen molar-refractivity contribution in [1.29, 1.82) is 0 Å². The Morgan fingerprint density at radius 2 is 1.30 bits per heavy atom. The third-order valence-electron chi connectivity index (χ3n) is 5.82. The van der Waals surface area contributed by atoms with E-state index in [-0.39, 0.29) is 0 Å². The van der Waals surface area contributed by atoms with Crippen molar-refractivity contribution in [2.24, 2.45) is 0 Å². The third-order valence-corrected chi connectivity index (χ3v) is 5.82. The van der Waals surface area contributed by atoms with E-state index in [0.29, 0.717) is 30.6 Å². The van der Waals surface area contributed by atoms with E-state index in [4.69, 9.17) is 9.47 Å². The van der Waals surface area contributed by atoms with Crippen molar-refractivity contribution in [1.82, 2.24) is 4.90 Å². The summed E-state index contributed by atoms with van der Waals surface area (Å²) in [5.74, 6) is -1.09. The molecule has 6 heteroatoms. The first-order valence-corrected chi connectivity index (χ1v) is 11.0. The Hall–Kier alpha value is -3.51. The van der Waals surface area contributed by atoms with Crippen LogP contribution in [0.4, 0.5) is 4.39 Å². The summed E-state index contributed by atoms with van der Waals surface area (Å²) in [6.45, 7) is 0.280. The molecule has 33 heavy (non-hydrogen) atoms. The first-order chi connectivity index (χ1) is 16.2. The molecule has 1 aliphatic heterocycles. The van der Waals surface area contributed by atoms with Gasteiger partial charge in [0.15, 0.2) is 6.10 Å². The van der Waals surface area contributed by atoms with Crippen molar-refractivity contribution in [3.63, 3.8) is 0 Å². The first-order valence-electron chi connectivity index (χ1n) is 11.0. The van der Waals surface area contributed by atoms with Gasteiger partial charge in [-0.2, -0.15) is 0 Å². The molecule has 4 rings (SSSR count). The second-order valence-electron chi connectivity index (χ2n) is 8.01. The molecule has 0 aromatic heterocycles. The van der Waals surface area contributed by atoms with E-state index in [1.807, 2.05) is 41.3 Å². The lowest BCUT2D eigenvalue weighted by molar-refractivity contribution is -0.101. The average Bonchev–Trinajstić information content (AvgIpc) is 2.87. The van der Waals surface area contributed by atoms with Gasteiger partial charge in [0, 0.05) is 19.5 Å². The van der Waals surface area contributed by atoms with Crippen LogP contribution in [0.1, 0.15) is 32.7 Å². The predicted octanol–water partition coefficient (Wildman–Crippen LogP) is 4.68. The average molecular weight is 448 g/mol. The normalized spacial score (nSPS) is 20.7. The SMILES string of the molecule is O=C(O[C@@H]1[C@@H](CF)N(Cc2ccccc2)CC[C@H]1OC(=O)c1ccccc1)c1ccccc1. The van der Waals surface area contributed by atoms with E-state index in [0.717, 1.165) is 5.56 Å². The monoisotopic (exact) mass is 447 g/mol. The molecule has 0 saturated carbocycles. The highest BCUT2D eigenvalue weighted by Gasteiger charge is 2.43. The van der Waals surface area contributed by atoms with Gasteiger partial charge in [-0.05, 0) is 29.8 Å². The zero-order valence-corrected chi connectivity index (χ0v) is 18.2. The fourth-order valence-electron chi connectivity index (χ4n) is 4.10. The fraction of sp³-hybridized carbons (Fsp3) is 0.259. The van der Waals surface area contributed by atoms with Crippen LogP contribution in [-0.2, 0) is 16.0 Å². The third kappa shape index (κ3) is 5.65. The Bertz CT molecular complexity index is 1050. The number of alkyl halides is 1. The zero-order chi connectivity index (χ0) is 23.0. The number of esters is 2. The predicted molar refractivity (Wildman–Crippen MR) is 123 cm³/mol. The summed E-state index contributed by atoms with van der Waals surface area (Å²) in [7, 11) is 0. The number of benzene rings is 3. The van der Waals surface area contributed by atoms with Crippen molar-refractivity contribution < 1.29 is 23.5 Å². The largest absolute Gasteiger partial charge is 0.455 e. The number of carbonyl (C=O) groups is 2. The Morgan fingerprint density at radius 1 is 0.788 bits per heavy atom. The summed E-state index contributed by atoms with van der Waals surface area (Å²) in [5, 5.41) is 0. The van der Waals surface area contributed by atoms with Crippen LogP contribution in [0, 0.1) is 0 Å². The van der Waals surface area contributed by atoms with Crippen LogP contribution in [0.3, 0.4) is 0 Å². The van der Waals surface area contributed by atoms with Gasteiger partial charge in [-0.1, -0.05) is 66.7 Å². The molecule has 0 bridgehead atoms. The molecule has 1 saturated heterocycles. The standard InChI is InChI=1S/C27H26FNO4/c28-18-23-25(33-27(31)22-14-8-3-9-15-22)24(32-26(30)21-12-6-2-7-13-21)16-17-29(23)19-20-10-4-1-5-11-20/h1-15,23-25H,16-19H2/t23-,24-,25-/m1/s1. The van der Waals surface area contributed by atoms with Gasteiger partial charge in [-0.3, -0.25) is 4.90 Å². The molecule has 5 nitrogen and oxygen atoms in total. The molecule has 0 amide bonds. The lowest BCUT2D eigenvalue weighted by Crippen LogP contribution is -2.58. The molecule has 0 N–H and O–H groups in total. The minimum atomic E-state index is -0.937. The number of rotatable bonds is 7. The summed E-state index contributed by atoms with van der Waals surface area (Å²) < 4.78 is 25.9. The van der Waals surface area contributed by atoms with E-state index in [9.17, 15) is 14.0 Å². The summed E-state index contributed by atoms with van der Waals surface area (Å²) in [5.41, 5.74) is 1.79. The second kappa shape index (κ2) is 10.9. The fourth-order valence-corrected chi connectivity index (χ4v) is 4.10. The molecule has 1 fully saturated rings. The molecule has 3 aromatic rings. The van der Waals surface area contributed by atoms with E-state index < -0.39 is 36.9 Å². The molecule has 170 valence electrons. The Morgan fingerprint density at radius 3 is 1.85 bits per heavy atom. The minimum absolute atomic E-state index is 0.364. The van der Waals surface area contributed by atoms with Gasteiger partial charge < -0.3 is 9.47 Å². The second-order valence-corrected chi connectivity index (χ2v) is 8.01. The highest BCUT2D eigenvalue weighted by molar-refractivity contribution is 5.90. The van der Waals surface area contributed by atoms with E-state index in [1.165, 1.54) is 0 Å². The number of halogens is 1. The molecule has 3 aromatic carbocycles. The van der Waals surface area contributed by atoms with Crippen LogP contribution >= 0.6 is 0 Å². The number of piperidine rings is 1. The quantitative estimate of drug-likeness (QED) is 0.492. The van der Waals surface area contributed by atoms with Gasteiger partial charge in [-0.15, -0.1) is 0 Å². The van der Waals surface area contributed by atoms with Crippen molar-refractivity contribution in [3.8, 4) is 0 Å². The van der Waals surface area contributed by atoms with Gasteiger partial charge >= 0.3 is 11.9 Å². The maximum atomic E-state index is 14.4. The van der Waals surface area contributed by atoms with Crippen LogP contribution in [0.25, 0.3) is 0 Å². The molecular weight excluding hydrogens is 421 g/mol. The Balaban J connectivity index is 1.56. The molecule has 3 atom stereocenters.